The van der Waals surface area contributed by atoms with Gasteiger partial charge in [-0.05, 0) is 30.5 Å². The molecule has 2 heterocycles. The highest BCUT2D eigenvalue weighted by Gasteiger charge is 2.23. The van der Waals surface area contributed by atoms with E-state index in [2.05, 4.69) is 10.1 Å². The molecule has 0 saturated heterocycles. The Morgan fingerprint density at radius 3 is 2.70 bits per heavy atom. The highest BCUT2D eigenvalue weighted by atomic mass is 35.5. The van der Waals surface area contributed by atoms with Crippen LogP contribution in [-0.2, 0) is 17.1 Å². The molecule has 7 nitrogen and oxygen atoms in total. The third kappa shape index (κ3) is 4.54. The van der Waals surface area contributed by atoms with Crippen LogP contribution in [0.25, 0.3) is 5.65 Å². The molecule has 9 heteroatoms. The molecule has 4 rings (SSSR count). The van der Waals surface area contributed by atoms with Gasteiger partial charge in [0.1, 0.15) is 11.6 Å². The molecule has 0 bridgehead atoms. The highest BCUT2D eigenvalue weighted by molar-refractivity contribution is 7.98. The van der Waals surface area contributed by atoms with Crippen LogP contribution in [-0.4, -0.2) is 43.1 Å². The van der Waals surface area contributed by atoms with Crippen LogP contribution in [0.4, 0.5) is 0 Å². The number of carbonyl (C=O) groups is 1. The fourth-order valence-electron chi connectivity index (χ4n) is 3.77. The standard InChI is InChI=1S/C21H24ClN5O2S/c1-25(17-5-3-2-4-6-17)18(28)13-27-21(29)26-12-11-23-20(19(26)24-27)30-14-15-7-9-16(22)10-8-15/h7-12,17H,2-6,13-14H2,1H3. The van der Waals surface area contributed by atoms with Crippen molar-refractivity contribution in [2.45, 2.75) is 55.5 Å². The van der Waals surface area contributed by atoms with Gasteiger partial charge in [-0.15, -0.1) is 5.10 Å². The molecule has 1 aliphatic rings. The molecule has 0 unspecified atom stereocenters. The van der Waals surface area contributed by atoms with Crippen molar-refractivity contribution in [1.29, 1.82) is 0 Å². The van der Waals surface area contributed by atoms with Gasteiger partial charge in [0.15, 0.2) is 5.65 Å². The van der Waals surface area contributed by atoms with E-state index in [1.165, 1.54) is 27.3 Å². The second-order valence-electron chi connectivity index (χ2n) is 7.58. The molecule has 1 aromatic carbocycles. The summed E-state index contributed by atoms with van der Waals surface area (Å²) in [5.41, 5.74) is 1.24. The van der Waals surface area contributed by atoms with E-state index in [9.17, 15) is 9.59 Å². The minimum absolute atomic E-state index is 0.0607. The van der Waals surface area contributed by atoms with E-state index in [1.807, 2.05) is 31.3 Å². The molecular weight excluding hydrogens is 422 g/mol. The molecule has 158 valence electrons. The zero-order valence-electron chi connectivity index (χ0n) is 16.8. The molecule has 1 amide bonds. The molecule has 0 N–H and O–H groups in total. The van der Waals surface area contributed by atoms with Gasteiger partial charge >= 0.3 is 5.69 Å². The SMILES string of the molecule is CN(C(=O)Cn1nc2c(SCc3ccc(Cl)cc3)nccn2c1=O)C1CCCCC1. The summed E-state index contributed by atoms with van der Waals surface area (Å²) in [6.07, 6.45) is 8.75. The zero-order valence-corrected chi connectivity index (χ0v) is 18.4. The van der Waals surface area contributed by atoms with Gasteiger partial charge < -0.3 is 4.90 Å². The van der Waals surface area contributed by atoms with Crippen LogP contribution in [0, 0.1) is 0 Å². The second kappa shape index (κ2) is 9.22. The van der Waals surface area contributed by atoms with E-state index in [1.54, 1.807) is 17.3 Å². The fourth-order valence-corrected chi connectivity index (χ4v) is 4.80. The lowest BCUT2D eigenvalue weighted by Gasteiger charge is -2.31. The quantitative estimate of drug-likeness (QED) is 0.542. The van der Waals surface area contributed by atoms with Crippen molar-refractivity contribution in [2.24, 2.45) is 0 Å². The molecule has 1 saturated carbocycles. The van der Waals surface area contributed by atoms with Gasteiger partial charge in [-0.2, -0.15) is 0 Å². The molecule has 1 aliphatic carbocycles. The third-order valence-electron chi connectivity index (χ3n) is 5.56. The molecule has 2 aromatic heterocycles. The lowest BCUT2D eigenvalue weighted by molar-refractivity contribution is -0.133. The predicted octanol–water partition coefficient (Wildman–Crippen LogP) is 3.63. The molecule has 3 aromatic rings. The number of halogens is 1. The van der Waals surface area contributed by atoms with Crippen LogP contribution in [0.5, 0.6) is 0 Å². The number of carbonyl (C=O) groups excluding carboxylic acids is 1. The van der Waals surface area contributed by atoms with Crippen molar-refractivity contribution in [1.82, 2.24) is 24.1 Å². The van der Waals surface area contributed by atoms with Crippen molar-refractivity contribution >= 4 is 34.9 Å². The Morgan fingerprint density at radius 2 is 1.97 bits per heavy atom. The molecule has 30 heavy (non-hydrogen) atoms. The fraction of sp³-hybridized carbons (Fsp3) is 0.429. The maximum atomic E-state index is 12.8. The zero-order chi connectivity index (χ0) is 21.1. The molecule has 0 spiro atoms. The number of nitrogens with zero attached hydrogens (tertiary/aromatic N) is 5. The van der Waals surface area contributed by atoms with Crippen LogP contribution in [0.1, 0.15) is 37.7 Å². The van der Waals surface area contributed by atoms with E-state index >= 15 is 0 Å². The monoisotopic (exact) mass is 445 g/mol. The van der Waals surface area contributed by atoms with E-state index < -0.39 is 0 Å². The average molecular weight is 446 g/mol. The van der Waals surface area contributed by atoms with Crippen LogP contribution >= 0.6 is 23.4 Å². The number of aromatic nitrogens is 4. The number of thioether (sulfide) groups is 1. The first-order valence-electron chi connectivity index (χ1n) is 10.1. The van der Waals surface area contributed by atoms with Crippen molar-refractivity contribution in [3.63, 3.8) is 0 Å². The summed E-state index contributed by atoms with van der Waals surface area (Å²) in [5, 5.41) is 5.76. The summed E-state index contributed by atoms with van der Waals surface area (Å²) in [5.74, 6) is 0.588. The lowest BCUT2D eigenvalue weighted by atomic mass is 9.94. The normalized spacial score (nSPS) is 14.9. The number of amides is 1. The number of rotatable bonds is 6. The van der Waals surface area contributed by atoms with Gasteiger partial charge in [0, 0.05) is 36.3 Å². The third-order valence-corrected chi connectivity index (χ3v) is 6.85. The highest BCUT2D eigenvalue weighted by Crippen LogP contribution is 2.24. The minimum atomic E-state index is -0.328. The van der Waals surface area contributed by atoms with Gasteiger partial charge in [-0.3, -0.25) is 4.79 Å². The Labute approximate surface area is 184 Å². The maximum absolute atomic E-state index is 12.8. The van der Waals surface area contributed by atoms with Crippen LogP contribution in [0.3, 0.4) is 0 Å². The van der Waals surface area contributed by atoms with Crippen molar-refractivity contribution in [3.05, 3.63) is 57.7 Å². The van der Waals surface area contributed by atoms with Gasteiger partial charge in [0.25, 0.3) is 0 Å². The molecular formula is C21H24ClN5O2S. The minimum Gasteiger partial charge on any atom is -0.341 e. The smallest absolute Gasteiger partial charge is 0.341 e. The van der Waals surface area contributed by atoms with Gasteiger partial charge in [-0.1, -0.05) is 54.8 Å². The topological polar surface area (TPSA) is 72.5 Å². The maximum Gasteiger partial charge on any atom is 0.350 e. The molecule has 0 atom stereocenters. The largest absolute Gasteiger partial charge is 0.350 e. The first kappa shape index (κ1) is 20.9. The summed E-state index contributed by atoms with van der Waals surface area (Å²) in [4.78, 5) is 31.7. The Morgan fingerprint density at radius 1 is 1.23 bits per heavy atom. The Bertz CT molecular complexity index is 1090. The molecule has 0 radical (unpaired) electrons. The van der Waals surface area contributed by atoms with Crippen LogP contribution < -0.4 is 5.69 Å². The van der Waals surface area contributed by atoms with E-state index in [-0.39, 0.29) is 24.2 Å². The van der Waals surface area contributed by atoms with Crippen molar-refractivity contribution in [3.8, 4) is 0 Å². The van der Waals surface area contributed by atoms with Crippen molar-refractivity contribution < 1.29 is 4.79 Å². The first-order valence-corrected chi connectivity index (χ1v) is 11.5. The first-order chi connectivity index (χ1) is 14.5. The molecule has 1 fully saturated rings. The summed E-state index contributed by atoms with van der Waals surface area (Å²) >= 11 is 7.43. The lowest BCUT2D eigenvalue weighted by Crippen LogP contribution is -2.41. The number of fused-ring (bicyclic) bond motifs is 1. The van der Waals surface area contributed by atoms with Crippen LogP contribution in [0.15, 0.2) is 46.5 Å². The predicted molar refractivity (Wildman–Crippen MR) is 118 cm³/mol. The van der Waals surface area contributed by atoms with Gasteiger partial charge in [0.05, 0.1) is 0 Å². The number of likely N-dealkylation sites (N-methyl/N-ethyl adjacent to an activating group) is 1. The van der Waals surface area contributed by atoms with Crippen LogP contribution in [0.2, 0.25) is 5.02 Å². The second-order valence-corrected chi connectivity index (χ2v) is 8.98. The Hall–Kier alpha value is -2.32. The Kier molecular flexibility index (Phi) is 6.43. The summed E-state index contributed by atoms with van der Waals surface area (Å²) in [6.45, 7) is -0.0607. The van der Waals surface area contributed by atoms with Gasteiger partial charge in [-0.25, -0.2) is 18.9 Å². The van der Waals surface area contributed by atoms with E-state index in [0.717, 1.165) is 31.2 Å². The van der Waals surface area contributed by atoms with E-state index in [4.69, 9.17) is 11.6 Å². The number of hydrogen-bond acceptors (Lipinski definition) is 5. The Balaban J connectivity index is 1.51. The molecule has 0 aliphatic heterocycles. The average Bonchev–Trinajstić information content (AvgIpc) is 3.09. The van der Waals surface area contributed by atoms with Gasteiger partial charge in [0.2, 0.25) is 5.91 Å². The van der Waals surface area contributed by atoms with E-state index in [0.29, 0.717) is 21.4 Å². The number of hydrogen-bond donors (Lipinski definition) is 0. The van der Waals surface area contributed by atoms with Crippen molar-refractivity contribution in [2.75, 3.05) is 7.05 Å². The number of benzene rings is 1. The summed E-state index contributed by atoms with van der Waals surface area (Å²) in [6, 6.07) is 7.87. The summed E-state index contributed by atoms with van der Waals surface area (Å²) < 4.78 is 2.69. The summed E-state index contributed by atoms with van der Waals surface area (Å²) in [7, 11) is 1.83.